The van der Waals surface area contributed by atoms with Crippen molar-refractivity contribution in [1.82, 2.24) is 24.6 Å². The van der Waals surface area contributed by atoms with Gasteiger partial charge in [0, 0.05) is 38.8 Å². The third-order valence-corrected chi connectivity index (χ3v) is 3.47. The number of nitrogens with zero attached hydrogens (tertiary/aromatic N) is 5. The summed E-state index contributed by atoms with van der Waals surface area (Å²) in [6, 6.07) is 0.355. The first-order valence-electron chi connectivity index (χ1n) is 6.67. The van der Waals surface area contributed by atoms with Crippen LogP contribution in [0.1, 0.15) is 25.7 Å². The van der Waals surface area contributed by atoms with Gasteiger partial charge in [-0.2, -0.15) is 5.10 Å². The number of hydrogen-bond acceptors (Lipinski definition) is 5. The van der Waals surface area contributed by atoms with Crippen molar-refractivity contribution in [2.45, 2.75) is 26.4 Å². The molecule has 0 aliphatic carbocycles. The number of aromatic nitrogens is 3. The van der Waals surface area contributed by atoms with Crippen LogP contribution >= 0.6 is 12.2 Å². The molecule has 6 nitrogen and oxygen atoms in total. The Kier molecular flexibility index (Phi) is 4.84. The van der Waals surface area contributed by atoms with Crippen LogP contribution in [0.2, 0.25) is 0 Å². The van der Waals surface area contributed by atoms with Gasteiger partial charge in [-0.3, -0.25) is 9.80 Å². The largest absolute Gasteiger partial charge is 0.392 e. The van der Waals surface area contributed by atoms with E-state index in [2.05, 4.69) is 33.7 Å². The van der Waals surface area contributed by atoms with Gasteiger partial charge in [-0.15, -0.1) is 0 Å². The maximum Gasteiger partial charge on any atom is 0.141 e. The standard InChI is InChI=1S/C12H22N6S/c1-10(2)18-12(14-9-15-18)8-17-5-3-16(4-6-17)7-11(13)19/h9-10H,3-8H2,1-2H3,(H2,13,19). The zero-order valence-corrected chi connectivity index (χ0v) is 12.4. The van der Waals surface area contributed by atoms with E-state index in [0.717, 1.165) is 45.1 Å². The maximum absolute atomic E-state index is 5.58. The van der Waals surface area contributed by atoms with Gasteiger partial charge >= 0.3 is 0 Å². The van der Waals surface area contributed by atoms with Crippen molar-refractivity contribution in [3.8, 4) is 0 Å². The van der Waals surface area contributed by atoms with E-state index in [9.17, 15) is 0 Å². The van der Waals surface area contributed by atoms with Crippen LogP contribution in [0.3, 0.4) is 0 Å². The van der Waals surface area contributed by atoms with Gasteiger partial charge in [0.25, 0.3) is 0 Å². The van der Waals surface area contributed by atoms with Gasteiger partial charge in [0.2, 0.25) is 0 Å². The highest BCUT2D eigenvalue weighted by Crippen LogP contribution is 2.10. The molecular weight excluding hydrogens is 260 g/mol. The lowest BCUT2D eigenvalue weighted by atomic mass is 10.3. The second kappa shape index (κ2) is 6.40. The molecule has 7 heteroatoms. The Hall–Kier alpha value is -1.05. The molecule has 0 saturated carbocycles. The smallest absolute Gasteiger partial charge is 0.141 e. The molecule has 2 N–H and O–H groups in total. The number of hydrogen-bond donors (Lipinski definition) is 1. The van der Waals surface area contributed by atoms with Crippen molar-refractivity contribution in [2.75, 3.05) is 32.7 Å². The zero-order chi connectivity index (χ0) is 13.8. The molecule has 0 radical (unpaired) electrons. The molecule has 1 fully saturated rings. The summed E-state index contributed by atoms with van der Waals surface area (Å²) in [6.07, 6.45) is 1.64. The SMILES string of the molecule is CC(C)n1ncnc1CN1CCN(CC(N)=S)CC1. The Balaban J connectivity index is 1.85. The van der Waals surface area contributed by atoms with Crippen LogP contribution in [-0.4, -0.2) is 62.3 Å². The number of piperazine rings is 1. The molecule has 0 unspecified atom stereocenters. The molecule has 1 aliphatic rings. The van der Waals surface area contributed by atoms with Crippen molar-refractivity contribution < 1.29 is 0 Å². The monoisotopic (exact) mass is 282 g/mol. The summed E-state index contributed by atoms with van der Waals surface area (Å²) in [7, 11) is 0. The Morgan fingerprint density at radius 2 is 1.95 bits per heavy atom. The number of thiocarbonyl (C=S) groups is 1. The molecule has 2 heterocycles. The minimum absolute atomic E-state index is 0.355. The summed E-state index contributed by atoms with van der Waals surface area (Å²) in [5, 5.41) is 4.27. The van der Waals surface area contributed by atoms with Gasteiger partial charge in [-0.05, 0) is 13.8 Å². The van der Waals surface area contributed by atoms with Gasteiger partial charge in [-0.25, -0.2) is 9.67 Å². The first-order valence-corrected chi connectivity index (χ1v) is 7.08. The third-order valence-electron chi connectivity index (χ3n) is 3.35. The highest BCUT2D eigenvalue weighted by atomic mass is 32.1. The van der Waals surface area contributed by atoms with Crippen molar-refractivity contribution >= 4 is 17.2 Å². The molecular formula is C12H22N6S. The molecule has 0 aromatic carbocycles. The van der Waals surface area contributed by atoms with Crippen molar-refractivity contribution in [3.05, 3.63) is 12.2 Å². The fraction of sp³-hybridized carbons (Fsp3) is 0.750. The van der Waals surface area contributed by atoms with Crippen LogP contribution < -0.4 is 5.73 Å². The van der Waals surface area contributed by atoms with E-state index in [4.69, 9.17) is 18.0 Å². The lowest BCUT2D eigenvalue weighted by Crippen LogP contribution is -2.48. The fourth-order valence-corrected chi connectivity index (χ4v) is 2.53. The van der Waals surface area contributed by atoms with Gasteiger partial charge < -0.3 is 5.73 Å². The summed E-state index contributed by atoms with van der Waals surface area (Å²) in [5.41, 5.74) is 5.58. The van der Waals surface area contributed by atoms with Gasteiger partial charge in [0.1, 0.15) is 12.2 Å². The Bertz CT molecular complexity index is 422. The maximum atomic E-state index is 5.58. The van der Waals surface area contributed by atoms with Crippen LogP contribution in [0.4, 0.5) is 0 Å². The normalized spacial score (nSPS) is 18.1. The quantitative estimate of drug-likeness (QED) is 0.782. The van der Waals surface area contributed by atoms with Crippen molar-refractivity contribution in [1.29, 1.82) is 0 Å². The second-order valence-corrected chi connectivity index (χ2v) is 5.76. The summed E-state index contributed by atoms with van der Waals surface area (Å²) >= 11 is 4.95. The Labute approximate surface area is 119 Å². The van der Waals surface area contributed by atoms with Gasteiger partial charge in [0.15, 0.2) is 0 Å². The Morgan fingerprint density at radius 3 is 2.53 bits per heavy atom. The van der Waals surface area contributed by atoms with Crippen LogP contribution in [0, 0.1) is 0 Å². The number of rotatable bonds is 5. The molecule has 1 aliphatic heterocycles. The van der Waals surface area contributed by atoms with Gasteiger partial charge in [-0.1, -0.05) is 12.2 Å². The van der Waals surface area contributed by atoms with E-state index in [1.165, 1.54) is 0 Å². The molecule has 2 rings (SSSR count). The van der Waals surface area contributed by atoms with Crippen LogP contribution in [0.5, 0.6) is 0 Å². The minimum atomic E-state index is 0.355. The fourth-order valence-electron chi connectivity index (χ4n) is 2.34. The lowest BCUT2D eigenvalue weighted by molar-refractivity contribution is 0.135. The molecule has 0 spiro atoms. The van der Waals surface area contributed by atoms with Crippen LogP contribution in [-0.2, 0) is 6.54 Å². The predicted octanol–water partition coefficient (Wildman–Crippen LogP) is 0.263. The molecule has 19 heavy (non-hydrogen) atoms. The average molecular weight is 282 g/mol. The first kappa shape index (κ1) is 14.4. The first-order chi connectivity index (χ1) is 9.06. The van der Waals surface area contributed by atoms with Crippen LogP contribution in [0.25, 0.3) is 0 Å². The molecule has 1 aromatic heterocycles. The van der Waals surface area contributed by atoms with Crippen molar-refractivity contribution in [2.24, 2.45) is 5.73 Å². The van der Waals surface area contributed by atoms with Crippen LogP contribution in [0.15, 0.2) is 6.33 Å². The van der Waals surface area contributed by atoms with E-state index in [1.54, 1.807) is 6.33 Å². The van der Waals surface area contributed by atoms with E-state index in [0.29, 0.717) is 11.0 Å². The molecule has 0 amide bonds. The van der Waals surface area contributed by atoms with E-state index >= 15 is 0 Å². The summed E-state index contributed by atoms with van der Waals surface area (Å²) in [6.45, 7) is 9.89. The molecule has 0 atom stereocenters. The topological polar surface area (TPSA) is 63.2 Å². The summed E-state index contributed by atoms with van der Waals surface area (Å²) in [5.74, 6) is 1.04. The average Bonchev–Trinajstić information content (AvgIpc) is 2.79. The minimum Gasteiger partial charge on any atom is -0.392 e. The lowest BCUT2D eigenvalue weighted by Gasteiger charge is -2.34. The predicted molar refractivity (Wildman–Crippen MR) is 78.9 cm³/mol. The molecule has 1 aromatic rings. The highest BCUT2D eigenvalue weighted by molar-refractivity contribution is 7.80. The second-order valence-electron chi connectivity index (χ2n) is 5.23. The van der Waals surface area contributed by atoms with E-state index in [-0.39, 0.29) is 0 Å². The van der Waals surface area contributed by atoms with E-state index in [1.807, 2.05) is 4.68 Å². The Morgan fingerprint density at radius 1 is 1.32 bits per heavy atom. The van der Waals surface area contributed by atoms with Crippen molar-refractivity contribution in [3.63, 3.8) is 0 Å². The summed E-state index contributed by atoms with van der Waals surface area (Å²) in [4.78, 5) is 9.63. The molecule has 106 valence electrons. The zero-order valence-electron chi connectivity index (χ0n) is 11.6. The van der Waals surface area contributed by atoms with E-state index < -0.39 is 0 Å². The number of nitrogens with two attached hydrogens (primary N) is 1. The van der Waals surface area contributed by atoms with Gasteiger partial charge in [0.05, 0.1) is 11.5 Å². The molecule has 1 saturated heterocycles. The summed E-state index contributed by atoms with van der Waals surface area (Å²) < 4.78 is 1.99. The third kappa shape index (κ3) is 3.95. The highest BCUT2D eigenvalue weighted by Gasteiger charge is 2.19. The molecule has 0 bridgehead atoms.